The van der Waals surface area contributed by atoms with Gasteiger partial charge in [0.05, 0.1) is 26.4 Å². The van der Waals surface area contributed by atoms with Crippen LogP contribution in [0, 0.1) is 11.8 Å². The molecule has 4 fully saturated rings. The highest BCUT2D eigenvalue weighted by Crippen LogP contribution is 2.39. The summed E-state index contributed by atoms with van der Waals surface area (Å²) in [6.07, 6.45) is 9.06. The molecule has 4 aliphatic rings. The maximum absolute atomic E-state index is 6.01. The molecule has 0 radical (unpaired) electrons. The molecule has 0 unspecified atom stereocenters. The third-order valence-corrected chi connectivity index (χ3v) is 7.43. The zero-order valence-corrected chi connectivity index (χ0v) is 19.7. The number of ether oxygens (including phenoxy) is 3. The van der Waals surface area contributed by atoms with E-state index in [1.807, 2.05) is 6.07 Å². The van der Waals surface area contributed by atoms with Crippen LogP contribution < -0.4 is 15.1 Å². The van der Waals surface area contributed by atoms with Gasteiger partial charge in [-0.2, -0.15) is 15.1 Å². The van der Waals surface area contributed by atoms with Crippen LogP contribution >= 0.6 is 0 Å². The van der Waals surface area contributed by atoms with Crippen molar-refractivity contribution in [2.24, 2.45) is 16.9 Å². The smallest absolute Gasteiger partial charge is 0.320 e. The number of fused-ring (bicyclic) bond motifs is 1. The SMILES string of the molecule is c1c(N/N=C2\CCC[C@H]3CCCC[C@H]23)nc(OCCN2CCOCC2)nc1N1CCOCC1. The Balaban J connectivity index is 1.28. The summed E-state index contributed by atoms with van der Waals surface area (Å²) < 4.78 is 17.0. The van der Waals surface area contributed by atoms with Gasteiger partial charge in [-0.1, -0.05) is 12.8 Å². The number of hydrogen-bond acceptors (Lipinski definition) is 9. The minimum Gasteiger partial charge on any atom is -0.462 e. The van der Waals surface area contributed by atoms with Gasteiger partial charge in [-0.25, -0.2) is 0 Å². The summed E-state index contributed by atoms with van der Waals surface area (Å²) in [4.78, 5) is 13.9. The van der Waals surface area contributed by atoms with Gasteiger partial charge in [0, 0.05) is 50.4 Å². The van der Waals surface area contributed by atoms with Crippen molar-refractivity contribution in [3.8, 4) is 6.01 Å². The number of rotatable bonds is 7. The molecular formula is C24H38N6O3. The Hall–Kier alpha value is -1.97. The van der Waals surface area contributed by atoms with E-state index >= 15 is 0 Å². The molecular weight excluding hydrogens is 420 g/mol. The number of nitrogens with one attached hydrogen (secondary N) is 1. The molecule has 1 N–H and O–H groups in total. The number of hydrazone groups is 1. The number of morpholine rings is 2. The van der Waals surface area contributed by atoms with Crippen molar-refractivity contribution in [3.05, 3.63) is 6.07 Å². The van der Waals surface area contributed by atoms with E-state index in [0.29, 0.717) is 37.6 Å². The number of nitrogens with zero attached hydrogens (tertiary/aromatic N) is 5. The first-order valence-corrected chi connectivity index (χ1v) is 12.8. The van der Waals surface area contributed by atoms with Crippen LogP contribution in [0.2, 0.25) is 0 Å². The fourth-order valence-corrected chi connectivity index (χ4v) is 5.57. The lowest BCUT2D eigenvalue weighted by Gasteiger charge is -2.36. The molecule has 0 aromatic carbocycles. The predicted octanol–water partition coefficient (Wildman–Crippen LogP) is 2.78. The van der Waals surface area contributed by atoms with Crippen molar-refractivity contribution < 1.29 is 14.2 Å². The Bertz CT molecular complexity index is 792. The van der Waals surface area contributed by atoms with Gasteiger partial charge in [-0.15, -0.1) is 0 Å². The Labute approximate surface area is 196 Å². The standard InChI is InChI=1S/C24H38N6O3/c1-2-6-20-19(4-1)5-3-7-21(20)27-28-22-18-23(30-11-15-32-16-12-30)26-24(25-22)33-17-10-29-8-13-31-14-9-29/h18-20H,1-17H2,(H,25,26,28)/b27-21+/t19-,20+/m1/s1. The van der Waals surface area contributed by atoms with Gasteiger partial charge in [-0.3, -0.25) is 10.3 Å². The molecule has 33 heavy (non-hydrogen) atoms. The van der Waals surface area contributed by atoms with Crippen molar-refractivity contribution >= 4 is 17.3 Å². The first-order chi connectivity index (χ1) is 16.3. The molecule has 2 aliphatic heterocycles. The third-order valence-electron chi connectivity index (χ3n) is 7.43. The normalized spacial score (nSPS) is 27.9. The van der Waals surface area contributed by atoms with E-state index in [1.54, 1.807) is 0 Å². The molecule has 2 atom stereocenters. The van der Waals surface area contributed by atoms with Crippen LogP contribution in [0.3, 0.4) is 0 Å². The lowest BCUT2D eigenvalue weighted by Crippen LogP contribution is -2.39. The average molecular weight is 459 g/mol. The van der Waals surface area contributed by atoms with Gasteiger partial charge in [-0.05, 0) is 38.0 Å². The summed E-state index contributed by atoms with van der Waals surface area (Å²) in [6.45, 7) is 7.96. The number of anilines is 2. The zero-order chi connectivity index (χ0) is 22.3. The Morgan fingerprint density at radius 1 is 0.970 bits per heavy atom. The van der Waals surface area contributed by atoms with E-state index in [-0.39, 0.29) is 0 Å². The van der Waals surface area contributed by atoms with E-state index in [0.717, 1.165) is 64.1 Å². The van der Waals surface area contributed by atoms with Gasteiger partial charge >= 0.3 is 6.01 Å². The maximum atomic E-state index is 6.01. The molecule has 3 heterocycles. The zero-order valence-electron chi connectivity index (χ0n) is 19.7. The van der Waals surface area contributed by atoms with Crippen LogP contribution in [0.15, 0.2) is 11.2 Å². The van der Waals surface area contributed by atoms with Gasteiger partial charge in [0.25, 0.3) is 0 Å². The van der Waals surface area contributed by atoms with Gasteiger partial charge < -0.3 is 19.1 Å². The quantitative estimate of drug-likeness (QED) is 0.625. The lowest BCUT2D eigenvalue weighted by atomic mass is 9.70. The van der Waals surface area contributed by atoms with E-state index in [1.165, 1.54) is 44.2 Å². The van der Waals surface area contributed by atoms with Crippen LogP contribution in [0.1, 0.15) is 44.9 Å². The van der Waals surface area contributed by atoms with Crippen molar-refractivity contribution in [3.63, 3.8) is 0 Å². The van der Waals surface area contributed by atoms with Gasteiger partial charge in [0.15, 0.2) is 5.82 Å². The highest BCUT2D eigenvalue weighted by molar-refractivity contribution is 5.88. The molecule has 9 nitrogen and oxygen atoms in total. The Kier molecular flexibility index (Phi) is 7.91. The molecule has 182 valence electrons. The summed E-state index contributed by atoms with van der Waals surface area (Å²) in [5.41, 5.74) is 4.61. The predicted molar refractivity (Wildman–Crippen MR) is 128 cm³/mol. The second-order valence-electron chi connectivity index (χ2n) is 9.55. The Morgan fingerprint density at radius 3 is 2.58 bits per heavy atom. The van der Waals surface area contributed by atoms with Crippen LogP contribution in [0.4, 0.5) is 11.6 Å². The minimum absolute atomic E-state index is 0.411. The van der Waals surface area contributed by atoms with E-state index in [4.69, 9.17) is 24.3 Å². The maximum Gasteiger partial charge on any atom is 0.320 e. The third kappa shape index (κ3) is 6.13. The topological polar surface area (TPSA) is 84.3 Å². The minimum atomic E-state index is 0.411. The fourth-order valence-electron chi connectivity index (χ4n) is 5.57. The van der Waals surface area contributed by atoms with Crippen LogP contribution in [-0.4, -0.2) is 86.3 Å². The van der Waals surface area contributed by atoms with Gasteiger partial charge in [0.2, 0.25) is 0 Å². The van der Waals surface area contributed by atoms with E-state index in [9.17, 15) is 0 Å². The molecule has 2 saturated heterocycles. The van der Waals surface area contributed by atoms with E-state index in [2.05, 4.69) is 20.2 Å². The largest absolute Gasteiger partial charge is 0.462 e. The van der Waals surface area contributed by atoms with Crippen LogP contribution in [0.25, 0.3) is 0 Å². The second-order valence-corrected chi connectivity index (χ2v) is 9.55. The molecule has 0 spiro atoms. The first-order valence-electron chi connectivity index (χ1n) is 12.8. The van der Waals surface area contributed by atoms with Crippen molar-refractivity contribution in [2.45, 2.75) is 44.9 Å². The van der Waals surface area contributed by atoms with E-state index < -0.39 is 0 Å². The number of hydrogen-bond donors (Lipinski definition) is 1. The summed E-state index contributed by atoms with van der Waals surface area (Å²) in [7, 11) is 0. The molecule has 0 bridgehead atoms. The molecule has 9 heteroatoms. The molecule has 2 saturated carbocycles. The molecule has 0 amide bonds. The van der Waals surface area contributed by atoms with Crippen molar-refractivity contribution in [1.82, 2.24) is 14.9 Å². The summed E-state index contributed by atoms with van der Waals surface area (Å²) >= 11 is 0. The first kappa shape index (κ1) is 22.8. The molecule has 5 rings (SSSR count). The van der Waals surface area contributed by atoms with Crippen LogP contribution in [0.5, 0.6) is 6.01 Å². The second kappa shape index (κ2) is 11.4. The number of aromatic nitrogens is 2. The highest BCUT2D eigenvalue weighted by Gasteiger charge is 2.32. The van der Waals surface area contributed by atoms with Crippen molar-refractivity contribution in [2.75, 3.05) is 76.1 Å². The average Bonchev–Trinajstić information content (AvgIpc) is 2.88. The summed E-state index contributed by atoms with van der Waals surface area (Å²) in [6, 6.07) is 2.40. The molecule has 1 aromatic rings. The highest BCUT2D eigenvalue weighted by atomic mass is 16.5. The monoisotopic (exact) mass is 458 g/mol. The van der Waals surface area contributed by atoms with Gasteiger partial charge in [0.1, 0.15) is 12.4 Å². The molecule has 1 aromatic heterocycles. The lowest BCUT2D eigenvalue weighted by molar-refractivity contribution is 0.0317. The summed E-state index contributed by atoms with van der Waals surface area (Å²) in [5.74, 6) is 3.04. The van der Waals surface area contributed by atoms with Crippen LogP contribution in [-0.2, 0) is 9.47 Å². The molecule has 2 aliphatic carbocycles. The fraction of sp³-hybridized carbons (Fsp3) is 0.792. The Morgan fingerprint density at radius 2 is 1.73 bits per heavy atom. The summed E-state index contributed by atoms with van der Waals surface area (Å²) in [5, 5.41) is 4.87. The van der Waals surface area contributed by atoms with Crippen molar-refractivity contribution in [1.29, 1.82) is 0 Å².